The molecule has 0 N–H and O–H groups in total. The molecule has 0 amide bonds. The van der Waals surface area contributed by atoms with E-state index in [9.17, 15) is 0 Å². The molecule has 5 heteroatoms. The summed E-state index contributed by atoms with van der Waals surface area (Å²) in [6.45, 7) is 6.15. The zero-order valence-corrected chi connectivity index (χ0v) is 32.8. The minimum atomic E-state index is -0.621. The van der Waals surface area contributed by atoms with E-state index in [2.05, 4.69) is 157 Å². The molecular weight excluding hydrogens is 840 g/mol. The summed E-state index contributed by atoms with van der Waals surface area (Å²) < 4.78 is 0. The Morgan fingerprint density at radius 1 is 0.574 bits per heavy atom. The first-order chi connectivity index (χ1) is 26.1. The van der Waals surface area contributed by atoms with Gasteiger partial charge in [0.2, 0.25) is 0 Å². The Morgan fingerprint density at radius 3 is 1.70 bits per heavy atom. The Hall–Kier alpha value is -5.31. The fraction of sp³-hybridized carbons (Fsp3) is 0.184. The second-order valence-electron chi connectivity index (χ2n) is 14.8. The van der Waals surface area contributed by atoms with Crippen molar-refractivity contribution in [2.45, 2.75) is 44.9 Å². The molecule has 0 bridgehead atoms. The Bertz CT molecular complexity index is 2480. The Morgan fingerprint density at radius 2 is 1.13 bits per heavy atom. The minimum Gasteiger partial charge on any atom is -0.350 e. The van der Waals surface area contributed by atoms with E-state index in [1.807, 2.05) is 12.4 Å². The molecule has 4 nitrogen and oxygen atoms in total. The number of fused-ring (bicyclic) bond motifs is 5. The van der Waals surface area contributed by atoms with Gasteiger partial charge in [-0.15, -0.1) is 22.3 Å². The fourth-order valence-corrected chi connectivity index (χ4v) is 9.12. The second-order valence-corrected chi connectivity index (χ2v) is 14.8. The predicted molar refractivity (Wildman–Crippen MR) is 215 cm³/mol. The smallest absolute Gasteiger partial charge is 0.350 e. The molecule has 10 rings (SSSR count). The number of anilines is 4. The zero-order chi connectivity index (χ0) is 35.5. The van der Waals surface area contributed by atoms with E-state index in [1.54, 1.807) is 0 Å². The van der Waals surface area contributed by atoms with Crippen LogP contribution in [0.3, 0.4) is 0 Å². The van der Waals surface area contributed by atoms with Crippen LogP contribution in [0.25, 0.3) is 22.3 Å². The van der Waals surface area contributed by atoms with Crippen LogP contribution in [0, 0.1) is 26.0 Å². The van der Waals surface area contributed by atoms with Crippen LogP contribution >= 0.6 is 0 Å². The molecule has 0 atom stereocenters. The van der Waals surface area contributed by atoms with Crippen LogP contribution < -0.4 is 9.80 Å². The number of rotatable bonds is 5. The van der Waals surface area contributed by atoms with Crippen LogP contribution in [0.15, 0.2) is 134 Å². The van der Waals surface area contributed by atoms with Gasteiger partial charge in [-0.1, -0.05) is 103 Å². The van der Waals surface area contributed by atoms with Crippen molar-refractivity contribution in [3.63, 3.8) is 0 Å². The van der Waals surface area contributed by atoms with Gasteiger partial charge in [0.05, 0.1) is 0 Å². The first-order valence-electron chi connectivity index (χ1n) is 18.9. The molecule has 0 spiro atoms. The second kappa shape index (κ2) is 13.8. The number of hydrogen-bond acceptors (Lipinski definition) is 4. The van der Waals surface area contributed by atoms with Crippen LogP contribution in [-0.4, -0.2) is 23.1 Å². The quantitative estimate of drug-likeness (QED) is 0.161. The van der Waals surface area contributed by atoms with E-state index in [1.165, 1.54) is 55.6 Å². The van der Waals surface area contributed by atoms with E-state index < -0.39 is 5.41 Å². The molecule has 3 aliphatic rings. The average molecular weight is 880 g/mol. The molecular formula is C49H40N4Pt. The van der Waals surface area contributed by atoms with E-state index in [4.69, 9.17) is 9.97 Å². The average Bonchev–Trinajstić information content (AvgIpc) is 3.51. The van der Waals surface area contributed by atoms with Gasteiger partial charge in [0.15, 0.2) is 0 Å². The summed E-state index contributed by atoms with van der Waals surface area (Å²) in [4.78, 5) is 14.7. The number of aromatic nitrogens is 2. The molecule has 0 saturated carbocycles. The monoisotopic (exact) mass is 879 g/mol. The molecule has 7 aromatic rings. The van der Waals surface area contributed by atoms with Gasteiger partial charge < -0.3 is 9.80 Å². The van der Waals surface area contributed by atoms with Crippen LogP contribution in [0.5, 0.6) is 0 Å². The Balaban J connectivity index is 0.00000384. The molecule has 2 aromatic heterocycles. The summed E-state index contributed by atoms with van der Waals surface area (Å²) in [5.41, 5.74) is 16.4. The topological polar surface area (TPSA) is 32.3 Å². The van der Waals surface area contributed by atoms with Crippen molar-refractivity contribution in [3.8, 4) is 22.3 Å². The predicted octanol–water partition coefficient (Wildman–Crippen LogP) is 10.9. The number of hydrogen-bond donors (Lipinski definition) is 0. The van der Waals surface area contributed by atoms with Crippen molar-refractivity contribution in [2.75, 3.05) is 22.9 Å². The first kappa shape index (κ1) is 34.5. The van der Waals surface area contributed by atoms with Gasteiger partial charge in [-0.05, 0) is 83.8 Å². The van der Waals surface area contributed by atoms with Crippen molar-refractivity contribution >= 4 is 23.0 Å². The molecule has 4 heterocycles. The third-order valence-electron chi connectivity index (χ3n) is 11.6. The maximum Gasteiger partial charge on any atom is 2.00 e. The number of aryl methyl sites for hydroxylation is 4. The first-order valence-corrected chi connectivity index (χ1v) is 18.9. The zero-order valence-electron chi connectivity index (χ0n) is 30.5. The number of pyridine rings is 2. The van der Waals surface area contributed by atoms with Crippen LogP contribution in [-0.2, 0) is 39.3 Å². The summed E-state index contributed by atoms with van der Waals surface area (Å²) in [5, 5.41) is 0. The van der Waals surface area contributed by atoms with E-state index in [0.717, 1.165) is 72.9 Å². The van der Waals surface area contributed by atoms with Gasteiger partial charge in [-0.3, -0.25) is 0 Å². The standard InChI is InChI=1S/C49H40N4.Pt/c1-33-24-25-50-47(28-33)52-26-10-14-36-20-22-38(30-45(36)52)49(43-18-8-6-16-40(43)41-17-7-9-19-44(41)49)39-23-21-37-15-11-27-53(46(37)31-39)48-29-34(2)42(32-51-48)35-12-4-3-5-13-35;/h3-9,12-13,16-25,28-29,32H,10-11,14-15,26-27H2,1-2H3;/q-2;+2. The van der Waals surface area contributed by atoms with Gasteiger partial charge in [-0.25, -0.2) is 9.97 Å². The molecule has 0 radical (unpaired) electrons. The van der Waals surface area contributed by atoms with Gasteiger partial charge in [-0.2, -0.15) is 36.4 Å². The van der Waals surface area contributed by atoms with Crippen LogP contribution in [0.2, 0.25) is 0 Å². The largest absolute Gasteiger partial charge is 2.00 e. The number of benzene rings is 5. The molecule has 2 aliphatic heterocycles. The summed E-state index contributed by atoms with van der Waals surface area (Å²) >= 11 is 0. The summed E-state index contributed by atoms with van der Waals surface area (Å²) in [6, 6.07) is 52.6. The summed E-state index contributed by atoms with van der Waals surface area (Å²) in [6.07, 6.45) is 8.17. The molecule has 0 saturated heterocycles. The van der Waals surface area contributed by atoms with Crippen molar-refractivity contribution in [2.24, 2.45) is 0 Å². The molecule has 54 heavy (non-hydrogen) atoms. The Kier molecular flexibility index (Phi) is 8.83. The van der Waals surface area contributed by atoms with Crippen molar-refractivity contribution in [1.82, 2.24) is 9.97 Å². The van der Waals surface area contributed by atoms with E-state index in [0.29, 0.717) is 0 Å². The maximum atomic E-state index is 5.09. The molecule has 1 aliphatic carbocycles. The normalized spacial score (nSPS) is 15.1. The van der Waals surface area contributed by atoms with E-state index in [-0.39, 0.29) is 21.1 Å². The third kappa shape index (κ3) is 5.45. The van der Waals surface area contributed by atoms with Crippen LogP contribution in [0.1, 0.15) is 57.3 Å². The van der Waals surface area contributed by atoms with E-state index >= 15 is 0 Å². The van der Waals surface area contributed by atoms with Gasteiger partial charge in [0.25, 0.3) is 0 Å². The third-order valence-corrected chi connectivity index (χ3v) is 11.6. The minimum absolute atomic E-state index is 0. The summed E-state index contributed by atoms with van der Waals surface area (Å²) in [7, 11) is 0. The maximum absolute atomic E-state index is 5.09. The van der Waals surface area contributed by atoms with Gasteiger partial charge >= 0.3 is 21.1 Å². The molecule has 0 unspecified atom stereocenters. The number of nitrogens with zero attached hydrogens (tertiary/aromatic N) is 4. The van der Waals surface area contributed by atoms with Gasteiger partial charge in [0, 0.05) is 36.5 Å². The van der Waals surface area contributed by atoms with Crippen molar-refractivity contribution in [1.29, 1.82) is 0 Å². The van der Waals surface area contributed by atoms with Crippen molar-refractivity contribution < 1.29 is 21.1 Å². The van der Waals surface area contributed by atoms with Crippen molar-refractivity contribution in [3.05, 3.63) is 190 Å². The SMILES string of the molecule is Cc1ccnc(N2CCCc3ccc(C4(c5[c-]c6c(cc5)CCCN6c5cc(C)c(-c6ccccc6)cn5)c5ccccc5-c5ccccc54)[c-]c32)c1.[Pt+2]. The summed E-state index contributed by atoms with van der Waals surface area (Å²) in [5.74, 6) is 1.96. The van der Waals surface area contributed by atoms with Crippen LogP contribution in [0.4, 0.5) is 23.0 Å². The Labute approximate surface area is 332 Å². The molecule has 5 aromatic carbocycles. The fourth-order valence-electron chi connectivity index (χ4n) is 9.12. The molecule has 0 fully saturated rings. The van der Waals surface area contributed by atoms with Gasteiger partial charge in [0.1, 0.15) is 11.6 Å². The molecule has 266 valence electrons.